The van der Waals surface area contributed by atoms with Crippen molar-refractivity contribution >= 4 is 5.91 Å². The summed E-state index contributed by atoms with van der Waals surface area (Å²) in [6.07, 6.45) is 12.6. The van der Waals surface area contributed by atoms with Crippen LogP contribution in [-0.4, -0.2) is 22.2 Å². The molecule has 2 unspecified atom stereocenters. The number of aliphatic hydroxyl groups excluding tert-OH is 1. The van der Waals surface area contributed by atoms with E-state index in [-0.39, 0.29) is 0 Å². The smallest absolute Gasteiger partial charge is 0.256 e. The zero-order valence-corrected chi connectivity index (χ0v) is 16.3. The lowest BCUT2D eigenvalue weighted by Crippen LogP contribution is -2.50. The number of primary amides is 1. The zero-order valence-electron chi connectivity index (χ0n) is 16.3. The van der Waals surface area contributed by atoms with Crippen LogP contribution in [0.5, 0.6) is 0 Å². The number of carbonyl (C=O) groups is 1. The maximum Gasteiger partial charge on any atom is 0.256 e. The summed E-state index contributed by atoms with van der Waals surface area (Å²) in [6.45, 7) is 2.24. The largest absolute Gasteiger partial charge is 0.389 e. The van der Waals surface area contributed by atoms with E-state index >= 15 is 0 Å². The van der Waals surface area contributed by atoms with E-state index < -0.39 is 17.6 Å². The average molecular weight is 364 g/mol. The van der Waals surface area contributed by atoms with Crippen LogP contribution < -0.4 is 5.73 Å². The first-order valence-corrected chi connectivity index (χ1v) is 10.3. The van der Waals surface area contributed by atoms with Crippen LogP contribution in [0.2, 0.25) is 0 Å². The number of hydrogen-bond donors (Lipinski definition) is 3. The van der Waals surface area contributed by atoms with E-state index in [0.717, 1.165) is 19.3 Å². The van der Waals surface area contributed by atoms with Gasteiger partial charge in [0.25, 0.3) is 5.91 Å². The van der Waals surface area contributed by atoms with Crippen molar-refractivity contribution in [2.75, 3.05) is 0 Å². The lowest BCUT2D eigenvalue weighted by molar-refractivity contribution is -0.152. The Morgan fingerprint density at radius 2 is 1.38 bits per heavy atom. The van der Waals surface area contributed by atoms with Gasteiger partial charge in [-0.05, 0) is 12.0 Å². The molecule has 1 aromatic rings. The highest BCUT2D eigenvalue weighted by Gasteiger charge is 2.42. The maximum absolute atomic E-state index is 11.8. The molecule has 0 heterocycles. The number of nitrogens with two attached hydrogens (primary N) is 1. The second-order valence-corrected chi connectivity index (χ2v) is 7.34. The van der Waals surface area contributed by atoms with Crippen LogP contribution >= 0.6 is 0 Å². The number of unbranched alkanes of at least 4 members (excludes halogenated alkanes) is 10. The molecule has 0 saturated heterocycles. The molecule has 0 aliphatic carbocycles. The lowest BCUT2D eigenvalue weighted by Gasteiger charge is -2.30. The van der Waals surface area contributed by atoms with Crippen molar-refractivity contribution < 1.29 is 15.0 Å². The van der Waals surface area contributed by atoms with E-state index in [0.29, 0.717) is 12.0 Å². The molecule has 0 bridgehead atoms. The summed E-state index contributed by atoms with van der Waals surface area (Å²) in [5, 5.41) is 21.0. The number of hydrogen-bond acceptors (Lipinski definition) is 3. The van der Waals surface area contributed by atoms with Crippen LogP contribution in [0, 0.1) is 0 Å². The molecule has 148 valence electrons. The van der Waals surface area contributed by atoms with Gasteiger partial charge in [0.2, 0.25) is 0 Å². The standard InChI is InChI=1S/C22H37NO3/c1-2-3-4-5-6-7-8-9-10-11-15-18-20(24)22(26,21(23)25)19-16-13-12-14-17-19/h12-14,16-17,20,24,26H,2-11,15,18H2,1H3,(H2,23,25). The third-order valence-electron chi connectivity index (χ3n) is 5.15. The minimum Gasteiger partial charge on any atom is -0.389 e. The minimum atomic E-state index is -2.01. The van der Waals surface area contributed by atoms with Gasteiger partial charge in [-0.15, -0.1) is 0 Å². The molecule has 4 heteroatoms. The van der Waals surface area contributed by atoms with Gasteiger partial charge in [-0.25, -0.2) is 0 Å². The summed E-state index contributed by atoms with van der Waals surface area (Å²) in [5.41, 5.74) is 3.72. The maximum atomic E-state index is 11.8. The van der Waals surface area contributed by atoms with Gasteiger partial charge in [-0.3, -0.25) is 4.79 Å². The van der Waals surface area contributed by atoms with Crippen molar-refractivity contribution in [2.24, 2.45) is 5.73 Å². The summed E-state index contributed by atoms with van der Waals surface area (Å²) in [6, 6.07) is 8.47. The van der Waals surface area contributed by atoms with E-state index in [1.165, 1.54) is 51.4 Å². The third kappa shape index (κ3) is 7.46. The topological polar surface area (TPSA) is 83.6 Å². The van der Waals surface area contributed by atoms with Gasteiger partial charge in [-0.1, -0.05) is 108 Å². The molecule has 4 nitrogen and oxygen atoms in total. The van der Waals surface area contributed by atoms with Gasteiger partial charge in [0.1, 0.15) is 0 Å². The lowest BCUT2D eigenvalue weighted by atomic mass is 9.85. The van der Waals surface area contributed by atoms with Crippen molar-refractivity contribution in [3.63, 3.8) is 0 Å². The fraction of sp³-hybridized carbons (Fsp3) is 0.682. The van der Waals surface area contributed by atoms with Crippen LogP contribution in [0.25, 0.3) is 0 Å². The molecule has 0 radical (unpaired) electrons. The van der Waals surface area contributed by atoms with Gasteiger partial charge in [0.05, 0.1) is 6.10 Å². The normalized spacial score (nSPS) is 14.7. The second kappa shape index (κ2) is 12.9. The minimum absolute atomic E-state index is 0.350. The molecule has 0 aromatic heterocycles. The number of amides is 1. The number of aliphatic hydroxyl groups is 2. The van der Waals surface area contributed by atoms with E-state index in [9.17, 15) is 15.0 Å². The van der Waals surface area contributed by atoms with Crippen molar-refractivity contribution in [2.45, 2.75) is 95.7 Å². The first-order valence-electron chi connectivity index (χ1n) is 10.3. The first kappa shape index (κ1) is 22.7. The summed E-state index contributed by atoms with van der Waals surface area (Å²) in [4.78, 5) is 11.8. The van der Waals surface area contributed by atoms with Gasteiger partial charge in [0.15, 0.2) is 5.60 Å². The predicted molar refractivity (Wildman–Crippen MR) is 107 cm³/mol. The van der Waals surface area contributed by atoms with E-state index in [1.54, 1.807) is 30.3 Å². The molecule has 1 aromatic carbocycles. The van der Waals surface area contributed by atoms with Crippen LogP contribution in [0.4, 0.5) is 0 Å². The number of benzene rings is 1. The fourth-order valence-corrected chi connectivity index (χ4v) is 3.40. The highest BCUT2D eigenvalue weighted by Crippen LogP contribution is 2.28. The Hall–Kier alpha value is -1.39. The highest BCUT2D eigenvalue weighted by molar-refractivity contribution is 5.85. The fourth-order valence-electron chi connectivity index (χ4n) is 3.40. The van der Waals surface area contributed by atoms with Gasteiger partial charge in [0, 0.05) is 0 Å². The summed E-state index contributed by atoms with van der Waals surface area (Å²) < 4.78 is 0. The highest BCUT2D eigenvalue weighted by atomic mass is 16.4. The Kier molecular flexibility index (Phi) is 11.2. The molecular formula is C22H37NO3. The third-order valence-corrected chi connectivity index (χ3v) is 5.15. The van der Waals surface area contributed by atoms with Crippen molar-refractivity contribution in [1.29, 1.82) is 0 Å². The van der Waals surface area contributed by atoms with E-state index in [1.807, 2.05) is 0 Å². The van der Waals surface area contributed by atoms with Crippen LogP contribution in [-0.2, 0) is 10.4 Å². The molecule has 0 aliphatic heterocycles. The quantitative estimate of drug-likeness (QED) is 0.403. The van der Waals surface area contributed by atoms with Crippen LogP contribution in [0.1, 0.15) is 89.5 Å². The van der Waals surface area contributed by atoms with Gasteiger partial charge in [-0.2, -0.15) is 0 Å². The van der Waals surface area contributed by atoms with Crippen LogP contribution in [0.3, 0.4) is 0 Å². The molecule has 0 spiro atoms. The monoisotopic (exact) mass is 363 g/mol. The first-order chi connectivity index (χ1) is 12.5. The molecule has 2 atom stereocenters. The molecule has 0 aliphatic rings. The average Bonchev–Trinajstić information content (AvgIpc) is 2.65. The van der Waals surface area contributed by atoms with Gasteiger partial charge < -0.3 is 15.9 Å². The Balaban J connectivity index is 2.22. The Labute approximate surface area is 158 Å². The van der Waals surface area contributed by atoms with Crippen molar-refractivity contribution in [1.82, 2.24) is 0 Å². The summed E-state index contributed by atoms with van der Waals surface area (Å²) in [5.74, 6) is -0.903. The predicted octanol–water partition coefficient (Wildman–Crippen LogP) is 4.42. The van der Waals surface area contributed by atoms with Crippen molar-refractivity contribution in [3.8, 4) is 0 Å². The van der Waals surface area contributed by atoms with Gasteiger partial charge >= 0.3 is 0 Å². The SMILES string of the molecule is CCCCCCCCCCCCCC(O)C(O)(C(N)=O)c1ccccc1. The Morgan fingerprint density at radius 3 is 1.85 bits per heavy atom. The summed E-state index contributed by atoms with van der Waals surface area (Å²) in [7, 11) is 0. The zero-order chi connectivity index (χ0) is 19.3. The number of rotatable bonds is 15. The molecule has 26 heavy (non-hydrogen) atoms. The molecule has 0 fully saturated rings. The Bertz CT molecular complexity index is 491. The second-order valence-electron chi connectivity index (χ2n) is 7.34. The molecular weight excluding hydrogens is 326 g/mol. The van der Waals surface area contributed by atoms with E-state index in [4.69, 9.17) is 5.73 Å². The van der Waals surface area contributed by atoms with Crippen LogP contribution in [0.15, 0.2) is 30.3 Å². The number of carbonyl (C=O) groups excluding carboxylic acids is 1. The summed E-state index contributed by atoms with van der Waals surface area (Å²) >= 11 is 0. The van der Waals surface area contributed by atoms with Crippen molar-refractivity contribution in [3.05, 3.63) is 35.9 Å². The molecule has 0 saturated carbocycles. The van der Waals surface area contributed by atoms with E-state index in [2.05, 4.69) is 6.92 Å². The molecule has 1 amide bonds. The molecule has 4 N–H and O–H groups in total. The molecule has 1 rings (SSSR count). The Morgan fingerprint density at radius 1 is 0.923 bits per heavy atom.